The van der Waals surface area contributed by atoms with Crippen molar-refractivity contribution in [2.24, 2.45) is 5.73 Å². The summed E-state index contributed by atoms with van der Waals surface area (Å²) in [6.45, 7) is 6.06. The SMILES string of the molecule is CCCC(CC)NC(=O)CC(C)N. The molecule has 0 aromatic carbocycles. The van der Waals surface area contributed by atoms with Crippen molar-refractivity contribution in [1.29, 1.82) is 0 Å². The minimum atomic E-state index is -0.0425. The van der Waals surface area contributed by atoms with Crippen LogP contribution in [-0.4, -0.2) is 18.0 Å². The third-order valence-corrected chi connectivity index (χ3v) is 2.00. The molecular formula is C10H22N2O. The Morgan fingerprint density at radius 2 is 2.08 bits per heavy atom. The summed E-state index contributed by atoms with van der Waals surface area (Å²) in [5.74, 6) is 0.0790. The van der Waals surface area contributed by atoms with Crippen molar-refractivity contribution in [1.82, 2.24) is 5.32 Å². The highest BCUT2D eigenvalue weighted by molar-refractivity contribution is 5.76. The van der Waals surface area contributed by atoms with E-state index in [4.69, 9.17) is 5.73 Å². The average Bonchev–Trinajstić information content (AvgIpc) is 2.02. The summed E-state index contributed by atoms with van der Waals surface area (Å²) in [5.41, 5.74) is 5.52. The van der Waals surface area contributed by atoms with E-state index in [1.165, 1.54) is 0 Å². The third kappa shape index (κ3) is 6.58. The molecule has 3 heteroatoms. The minimum absolute atomic E-state index is 0.0425. The molecule has 0 aliphatic rings. The fraction of sp³-hybridized carbons (Fsp3) is 0.900. The van der Waals surface area contributed by atoms with Crippen LogP contribution in [0.1, 0.15) is 46.5 Å². The number of carbonyl (C=O) groups is 1. The van der Waals surface area contributed by atoms with E-state index in [-0.39, 0.29) is 11.9 Å². The van der Waals surface area contributed by atoms with Gasteiger partial charge in [0.1, 0.15) is 0 Å². The van der Waals surface area contributed by atoms with Crippen molar-refractivity contribution in [2.75, 3.05) is 0 Å². The molecule has 0 saturated carbocycles. The van der Waals surface area contributed by atoms with Gasteiger partial charge in [0.05, 0.1) is 0 Å². The van der Waals surface area contributed by atoms with Gasteiger partial charge in [-0.25, -0.2) is 0 Å². The summed E-state index contributed by atoms with van der Waals surface area (Å²) in [4.78, 5) is 11.3. The van der Waals surface area contributed by atoms with Crippen LogP contribution in [0.25, 0.3) is 0 Å². The molecule has 0 fully saturated rings. The number of amides is 1. The molecule has 0 aliphatic heterocycles. The summed E-state index contributed by atoms with van der Waals surface area (Å²) in [5, 5.41) is 2.98. The maximum atomic E-state index is 11.3. The van der Waals surface area contributed by atoms with Crippen LogP contribution in [0.3, 0.4) is 0 Å². The predicted octanol–water partition coefficient (Wildman–Crippen LogP) is 1.42. The molecule has 0 bridgehead atoms. The molecule has 3 N–H and O–H groups in total. The van der Waals surface area contributed by atoms with Crippen molar-refractivity contribution in [3.05, 3.63) is 0 Å². The van der Waals surface area contributed by atoms with E-state index in [1.54, 1.807) is 0 Å². The fourth-order valence-electron chi connectivity index (χ4n) is 1.31. The van der Waals surface area contributed by atoms with Crippen molar-refractivity contribution >= 4 is 5.91 Å². The zero-order valence-electron chi connectivity index (χ0n) is 8.97. The Kier molecular flexibility index (Phi) is 6.59. The number of carbonyl (C=O) groups excluding carboxylic acids is 1. The van der Waals surface area contributed by atoms with Gasteiger partial charge in [0.15, 0.2) is 0 Å². The van der Waals surface area contributed by atoms with Crippen LogP contribution in [0.5, 0.6) is 0 Å². The Hall–Kier alpha value is -0.570. The first-order valence-electron chi connectivity index (χ1n) is 5.15. The lowest BCUT2D eigenvalue weighted by Gasteiger charge is -2.16. The standard InChI is InChI=1S/C10H22N2O/c1-4-6-9(5-2)12-10(13)7-8(3)11/h8-9H,4-7,11H2,1-3H3,(H,12,13). The maximum absolute atomic E-state index is 11.3. The molecule has 13 heavy (non-hydrogen) atoms. The molecule has 0 radical (unpaired) electrons. The van der Waals surface area contributed by atoms with E-state index in [1.807, 2.05) is 6.92 Å². The van der Waals surface area contributed by atoms with Gasteiger partial charge in [-0.15, -0.1) is 0 Å². The Morgan fingerprint density at radius 3 is 2.46 bits per heavy atom. The first kappa shape index (κ1) is 12.4. The Bertz CT molecular complexity index is 146. The molecule has 78 valence electrons. The molecule has 3 nitrogen and oxygen atoms in total. The van der Waals surface area contributed by atoms with E-state index < -0.39 is 0 Å². The second-order valence-corrected chi connectivity index (χ2v) is 3.64. The summed E-state index contributed by atoms with van der Waals surface area (Å²) >= 11 is 0. The second kappa shape index (κ2) is 6.89. The van der Waals surface area contributed by atoms with Gasteiger partial charge >= 0.3 is 0 Å². The topological polar surface area (TPSA) is 55.1 Å². The van der Waals surface area contributed by atoms with E-state index in [2.05, 4.69) is 19.2 Å². The summed E-state index contributed by atoms with van der Waals surface area (Å²) in [6.07, 6.45) is 3.59. The molecule has 0 aromatic heterocycles. The normalized spacial score (nSPS) is 15.1. The van der Waals surface area contributed by atoms with E-state index in [9.17, 15) is 4.79 Å². The first-order valence-corrected chi connectivity index (χ1v) is 5.15. The molecule has 0 heterocycles. The van der Waals surface area contributed by atoms with Crippen LogP contribution in [0.4, 0.5) is 0 Å². The zero-order chi connectivity index (χ0) is 10.3. The third-order valence-electron chi connectivity index (χ3n) is 2.00. The monoisotopic (exact) mass is 186 g/mol. The summed E-state index contributed by atoms with van der Waals surface area (Å²) < 4.78 is 0. The van der Waals surface area contributed by atoms with E-state index in [0.29, 0.717) is 12.5 Å². The lowest BCUT2D eigenvalue weighted by atomic mass is 10.1. The van der Waals surface area contributed by atoms with Gasteiger partial charge < -0.3 is 11.1 Å². The Morgan fingerprint density at radius 1 is 1.46 bits per heavy atom. The smallest absolute Gasteiger partial charge is 0.221 e. The van der Waals surface area contributed by atoms with E-state index >= 15 is 0 Å². The molecule has 0 spiro atoms. The highest BCUT2D eigenvalue weighted by atomic mass is 16.1. The Labute approximate surface area is 81.1 Å². The van der Waals surface area contributed by atoms with Gasteiger partial charge in [0.2, 0.25) is 5.91 Å². The van der Waals surface area contributed by atoms with Gasteiger partial charge in [0.25, 0.3) is 0 Å². The van der Waals surface area contributed by atoms with Crippen molar-refractivity contribution in [3.63, 3.8) is 0 Å². The lowest BCUT2D eigenvalue weighted by molar-refractivity contribution is -0.122. The molecule has 0 rings (SSSR count). The Balaban J connectivity index is 3.73. The van der Waals surface area contributed by atoms with Crippen LogP contribution in [0.2, 0.25) is 0 Å². The second-order valence-electron chi connectivity index (χ2n) is 3.64. The van der Waals surface area contributed by atoms with Crippen LogP contribution >= 0.6 is 0 Å². The maximum Gasteiger partial charge on any atom is 0.221 e. The minimum Gasteiger partial charge on any atom is -0.353 e. The van der Waals surface area contributed by atoms with Gasteiger partial charge in [0, 0.05) is 18.5 Å². The van der Waals surface area contributed by atoms with Gasteiger partial charge in [-0.3, -0.25) is 4.79 Å². The lowest BCUT2D eigenvalue weighted by Crippen LogP contribution is -2.37. The number of hydrogen-bond acceptors (Lipinski definition) is 2. The molecule has 0 aromatic rings. The van der Waals surface area contributed by atoms with Gasteiger partial charge in [-0.1, -0.05) is 20.3 Å². The molecular weight excluding hydrogens is 164 g/mol. The van der Waals surface area contributed by atoms with Crippen molar-refractivity contribution in [2.45, 2.75) is 58.5 Å². The quantitative estimate of drug-likeness (QED) is 0.659. The number of nitrogens with one attached hydrogen (secondary N) is 1. The van der Waals surface area contributed by atoms with Crippen LogP contribution < -0.4 is 11.1 Å². The van der Waals surface area contributed by atoms with Crippen LogP contribution in [-0.2, 0) is 4.79 Å². The van der Waals surface area contributed by atoms with E-state index in [0.717, 1.165) is 19.3 Å². The van der Waals surface area contributed by atoms with Gasteiger partial charge in [-0.05, 0) is 19.8 Å². The van der Waals surface area contributed by atoms with Crippen LogP contribution in [0.15, 0.2) is 0 Å². The largest absolute Gasteiger partial charge is 0.353 e. The van der Waals surface area contributed by atoms with Crippen molar-refractivity contribution in [3.8, 4) is 0 Å². The summed E-state index contributed by atoms with van der Waals surface area (Å²) in [6, 6.07) is 0.287. The van der Waals surface area contributed by atoms with Crippen molar-refractivity contribution < 1.29 is 4.79 Å². The number of nitrogens with two attached hydrogens (primary N) is 1. The molecule has 2 unspecified atom stereocenters. The number of hydrogen-bond donors (Lipinski definition) is 2. The van der Waals surface area contributed by atoms with Crippen LogP contribution in [0, 0.1) is 0 Å². The molecule has 2 atom stereocenters. The zero-order valence-corrected chi connectivity index (χ0v) is 8.97. The first-order chi connectivity index (χ1) is 6.10. The highest BCUT2D eigenvalue weighted by Crippen LogP contribution is 2.01. The predicted molar refractivity (Wildman–Crippen MR) is 55.4 cm³/mol. The molecule has 0 aliphatic carbocycles. The summed E-state index contributed by atoms with van der Waals surface area (Å²) in [7, 11) is 0. The number of rotatable bonds is 6. The highest BCUT2D eigenvalue weighted by Gasteiger charge is 2.10. The fourth-order valence-corrected chi connectivity index (χ4v) is 1.31. The van der Waals surface area contributed by atoms with Gasteiger partial charge in [-0.2, -0.15) is 0 Å². The molecule has 1 amide bonds. The average molecular weight is 186 g/mol. The molecule has 0 saturated heterocycles.